The number of piperidine rings is 1. The molecular formula is C20H19F3N6O3. The maximum absolute atomic E-state index is 13.0. The lowest BCUT2D eigenvalue weighted by atomic mass is 10.1. The Kier molecular flexibility index (Phi) is 5.68. The molecule has 0 spiro atoms. The van der Waals surface area contributed by atoms with E-state index >= 15 is 0 Å². The number of rotatable bonds is 5. The molecule has 1 N–H and O–H groups in total. The highest BCUT2D eigenvalue weighted by molar-refractivity contribution is 5.95. The van der Waals surface area contributed by atoms with E-state index in [2.05, 4.69) is 15.5 Å². The van der Waals surface area contributed by atoms with Gasteiger partial charge in [0.15, 0.2) is 11.5 Å². The van der Waals surface area contributed by atoms with Gasteiger partial charge in [-0.2, -0.15) is 13.2 Å². The Bertz CT molecular complexity index is 1170. The fourth-order valence-corrected chi connectivity index (χ4v) is 3.70. The van der Waals surface area contributed by atoms with Crippen molar-refractivity contribution >= 4 is 22.9 Å². The molecular weight excluding hydrogens is 429 g/mol. The van der Waals surface area contributed by atoms with Crippen LogP contribution in [0.4, 0.5) is 24.5 Å². The molecule has 0 aliphatic carbocycles. The van der Waals surface area contributed by atoms with Crippen LogP contribution in [0.2, 0.25) is 0 Å². The second-order valence-electron chi connectivity index (χ2n) is 7.45. The fourth-order valence-electron chi connectivity index (χ4n) is 3.70. The normalized spacial score (nSPS) is 14.5. The van der Waals surface area contributed by atoms with E-state index in [9.17, 15) is 28.1 Å². The number of carbonyl (C=O) groups excluding carboxylic acids is 1. The average molecular weight is 448 g/mol. The zero-order valence-electron chi connectivity index (χ0n) is 16.8. The molecule has 0 bridgehead atoms. The monoisotopic (exact) mass is 448 g/mol. The van der Waals surface area contributed by atoms with Crippen molar-refractivity contribution in [1.29, 1.82) is 0 Å². The number of benzene rings is 1. The molecule has 3 aromatic rings. The second kappa shape index (κ2) is 8.44. The molecule has 1 amide bonds. The van der Waals surface area contributed by atoms with Gasteiger partial charge in [0.25, 0.3) is 11.6 Å². The number of anilines is 1. The molecule has 12 heteroatoms. The van der Waals surface area contributed by atoms with Crippen molar-refractivity contribution in [3.63, 3.8) is 0 Å². The van der Waals surface area contributed by atoms with Crippen molar-refractivity contribution in [3.05, 3.63) is 63.6 Å². The predicted octanol–water partition coefficient (Wildman–Crippen LogP) is 3.58. The number of nitro groups is 1. The van der Waals surface area contributed by atoms with Gasteiger partial charge in [0.1, 0.15) is 5.69 Å². The average Bonchev–Trinajstić information content (AvgIpc) is 3.19. The quantitative estimate of drug-likeness (QED) is 0.473. The smallest absolute Gasteiger partial charge is 0.366 e. The number of fused-ring (bicyclic) bond motifs is 1. The summed E-state index contributed by atoms with van der Waals surface area (Å²) >= 11 is 0. The minimum Gasteiger partial charge on any atom is -0.366 e. The van der Waals surface area contributed by atoms with E-state index in [1.54, 1.807) is 6.07 Å². The summed E-state index contributed by atoms with van der Waals surface area (Å²) in [6, 6.07) is 6.35. The number of alkyl halides is 3. The molecule has 1 aliphatic rings. The van der Waals surface area contributed by atoms with Crippen molar-refractivity contribution in [1.82, 2.24) is 19.9 Å². The summed E-state index contributed by atoms with van der Waals surface area (Å²) in [5.74, 6) is -0.513. The van der Waals surface area contributed by atoms with Gasteiger partial charge < -0.3 is 10.2 Å². The van der Waals surface area contributed by atoms with Crippen molar-refractivity contribution in [2.75, 3.05) is 18.0 Å². The number of nitro benzene ring substituents is 1. The Hall–Kier alpha value is -3.70. The van der Waals surface area contributed by atoms with Gasteiger partial charge in [-0.25, -0.2) is 0 Å². The van der Waals surface area contributed by atoms with Crippen LogP contribution in [0, 0.1) is 10.1 Å². The topological polar surface area (TPSA) is 106 Å². The molecule has 3 heterocycles. The second-order valence-corrected chi connectivity index (χ2v) is 7.45. The number of hydrogen-bond acceptors (Lipinski definition) is 6. The standard InChI is InChI=1S/C20H19F3N6O3/c21-20(22,23)14-5-7-17-25-26-18(28(17)12-14)11-24-19(30)13-4-6-15(16(10-13)29(31)32)27-8-2-1-3-9-27/h4-7,10,12H,1-3,8-9,11H2,(H,24,30). The van der Waals surface area contributed by atoms with Crippen LogP contribution in [0.1, 0.15) is 41.0 Å². The number of hydrogen-bond donors (Lipinski definition) is 1. The van der Waals surface area contributed by atoms with E-state index in [-0.39, 0.29) is 29.3 Å². The molecule has 0 unspecified atom stereocenters. The van der Waals surface area contributed by atoms with Crippen LogP contribution in [-0.2, 0) is 12.7 Å². The number of nitrogens with zero attached hydrogens (tertiary/aromatic N) is 5. The molecule has 4 rings (SSSR count). The van der Waals surface area contributed by atoms with E-state index in [1.165, 1.54) is 18.2 Å². The summed E-state index contributed by atoms with van der Waals surface area (Å²) in [6.07, 6.45) is -0.709. The molecule has 9 nitrogen and oxygen atoms in total. The minimum atomic E-state index is -4.53. The van der Waals surface area contributed by atoms with Crippen molar-refractivity contribution < 1.29 is 22.9 Å². The first-order chi connectivity index (χ1) is 15.2. The molecule has 0 atom stereocenters. The highest BCUT2D eigenvalue weighted by Crippen LogP contribution is 2.31. The summed E-state index contributed by atoms with van der Waals surface area (Å²) in [7, 11) is 0. The third-order valence-electron chi connectivity index (χ3n) is 5.34. The lowest BCUT2D eigenvalue weighted by Gasteiger charge is -2.28. The van der Waals surface area contributed by atoms with Gasteiger partial charge in [-0.05, 0) is 43.5 Å². The Morgan fingerprint density at radius 1 is 1.12 bits per heavy atom. The summed E-state index contributed by atoms with van der Waals surface area (Å²) in [6.45, 7) is 1.22. The first-order valence-electron chi connectivity index (χ1n) is 9.96. The van der Waals surface area contributed by atoms with Gasteiger partial charge in [0.05, 0.1) is 17.0 Å². The molecule has 1 fully saturated rings. The number of aromatic nitrogens is 3. The molecule has 32 heavy (non-hydrogen) atoms. The van der Waals surface area contributed by atoms with Crippen LogP contribution in [-0.4, -0.2) is 38.5 Å². The van der Waals surface area contributed by atoms with Gasteiger partial charge >= 0.3 is 6.18 Å². The zero-order valence-corrected chi connectivity index (χ0v) is 16.8. The summed E-state index contributed by atoms with van der Waals surface area (Å²) in [4.78, 5) is 25.6. The number of nitrogens with one attached hydrogen (secondary N) is 1. The van der Waals surface area contributed by atoms with Crippen LogP contribution < -0.4 is 10.2 Å². The number of carbonyl (C=O) groups is 1. The Labute approximate surface area is 180 Å². The largest absolute Gasteiger partial charge is 0.417 e. The van der Waals surface area contributed by atoms with E-state index in [0.717, 1.165) is 35.9 Å². The zero-order chi connectivity index (χ0) is 22.9. The molecule has 168 valence electrons. The summed E-state index contributed by atoms with van der Waals surface area (Å²) < 4.78 is 40.1. The van der Waals surface area contributed by atoms with Crippen LogP contribution in [0.5, 0.6) is 0 Å². The lowest BCUT2D eigenvalue weighted by Crippen LogP contribution is -2.30. The lowest BCUT2D eigenvalue weighted by molar-refractivity contribution is -0.384. The maximum atomic E-state index is 13.0. The Morgan fingerprint density at radius 2 is 1.88 bits per heavy atom. The van der Waals surface area contributed by atoms with Crippen LogP contribution >= 0.6 is 0 Å². The van der Waals surface area contributed by atoms with Gasteiger partial charge in [-0.1, -0.05) is 0 Å². The molecule has 0 saturated carbocycles. The van der Waals surface area contributed by atoms with Crippen LogP contribution in [0.3, 0.4) is 0 Å². The maximum Gasteiger partial charge on any atom is 0.417 e. The van der Waals surface area contributed by atoms with E-state index < -0.39 is 22.6 Å². The van der Waals surface area contributed by atoms with E-state index in [1.807, 2.05) is 4.90 Å². The third kappa shape index (κ3) is 4.34. The molecule has 1 aromatic carbocycles. The Balaban J connectivity index is 1.53. The van der Waals surface area contributed by atoms with Crippen molar-refractivity contribution in [2.24, 2.45) is 0 Å². The highest BCUT2D eigenvalue weighted by Gasteiger charge is 2.31. The number of pyridine rings is 1. The van der Waals surface area contributed by atoms with E-state index in [4.69, 9.17) is 0 Å². The van der Waals surface area contributed by atoms with Gasteiger partial charge in [0.2, 0.25) is 0 Å². The predicted molar refractivity (Wildman–Crippen MR) is 108 cm³/mol. The first-order valence-corrected chi connectivity index (χ1v) is 9.96. The van der Waals surface area contributed by atoms with Crippen LogP contribution in [0.15, 0.2) is 36.5 Å². The molecule has 1 saturated heterocycles. The fraction of sp³-hybridized carbons (Fsp3) is 0.350. The van der Waals surface area contributed by atoms with Gasteiger partial charge in [-0.3, -0.25) is 19.3 Å². The molecule has 1 aliphatic heterocycles. The molecule has 2 aromatic heterocycles. The number of amides is 1. The highest BCUT2D eigenvalue weighted by atomic mass is 19.4. The van der Waals surface area contributed by atoms with Crippen LogP contribution in [0.25, 0.3) is 5.65 Å². The minimum absolute atomic E-state index is 0.0715. The van der Waals surface area contributed by atoms with E-state index in [0.29, 0.717) is 18.8 Å². The SMILES string of the molecule is O=C(NCc1nnc2ccc(C(F)(F)F)cn12)c1ccc(N2CCCCC2)c([N+](=O)[O-])c1. The molecule has 0 radical (unpaired) electrons. The Morgan fingerprint density at radius 3 is 2.56 bits per heavy atom. The summed E-state index contributed by atoms with van der Waals surface area (Å²) in [5, 5.41) is 21.7. The van der Waals surface area contributed by atoms with Crippen molar-refractivity contribution in [2.45, 2.75) is 32.0 Å². The van der Waals surface area contributed by atoms with Gasteiger partial charge in [-0.15, -0.1) is 10.2 Å². The first kappa shape index (κ1) is 21.5. The summed E-state index contributed by atoms with van der Waals surface area (Å²) in [5.41, 5.74) is -0.302. The van der Waals surface area contributed by atoms with Crippen molar-refractivity contribution in [3.8, 4) is 0 Å². The third-order valence-corrected chi connectivity index (χ3v) is 5.34. The number of halogens is 3. The van der Waals surface area contributed by atoms with Gasteiger partial charge in [0, 0.05) is 30.9 Å².